The Morgan fingerprint density at radius 3 is 3.27 bits per heavy atom. The second kappa shape index (κ2) is 6.89. The molecule has 3 rings (SSSR count). The van der Waals surface area contributed by atoms with Crippen LogP contribution in [0, 0.1) is 0 Å². The number of aromatic nitrogens is 2. The number of pyridine rings is 1. The third kappa shape index (κ3) is 3.13. The van der Waals surface area contributed by atoms with Crippen LogP contribution in [0.1, 0.15) is 24.6 Å². The molecule has 1 fully saturated rings. The first-order chi connectivity index (χ1) is 10.8. The SMILES string of the molecule is COCCNC(=O)Cn1c([C@H]2CCCO2)cc2cccnc21. The maximum absolute atomic E-state index is 12.1. The molecule has 0 spiro atoms. The van der Waals surface area contributed by atoms with E-state index in [1.807, 2.05) is 16.7 Å². The van der Waals surface area contributed by atoms with Gasteiger partial charge in [0.2, 0.25) is 5.91 Å². The van der Waals surface area contributed by atoms with Gasteiger partial charge in [0.25, 0.3) is 0 Å². The summed E-state index contributed by atoms with van der Waals surface area (Å²) in [5.74, 6) is -0.0422. The molecule has 2 aromatic rings. The van der Waals surface area contributed by atoms with Crippen LogP contribution in [0.15, 0.2) is 24.4 Å². The summed E-state index contributed by atoms with van der Waals surface area (Å²) in [5.41, 5.74) is 1.86. The van der Waals surface area contributed by atoms with Crippen LogP contribution in [0.5, 0.6) is 0 Å². The lowest BCUT2D eigenvalue weighted by Crippen LogP contribution is -2.31. The lowest BCUT2D eigenvalue weighted by molar-refractivity contribution is -0.121. The van der Waals surface area contributed by atoms with E-state index in [0.29, 0.717) is 13.2 Å². The maximum atomic E-state index is 12.1. The number of nitrogens with one attached hydrogen (secondary N) is 1. The molecule has 6 heteroatoms. The van der Waals surface area contributed by atoms with Crippen LogP contribution >= 0.6 is 0 Å². The molecule has 0 unspecified atom stereocenters. The number of hydrogen-bond acceptors (Lipinski definition) is 4. The van der Waals surface area contributed by atoms with Crippen molar-refractivity contribution in [2.24, 2.45) is 0 Å². The molecular weight excluding hydrogens is 282 g/mol. The average Bonchev–Trinajstić information content (AvgIpc) is 3.16. The minimum atomic E-state index is -0.0422. The third-order valence-electron chi connectivity index (χ3n) is 3.88. The summed E-state index contributed by atoms with van der Waals surface area (Å²) >= 11 is 0. The van der Waals surface area contributed by atoms with E-state index in [-0.39, 0.29) is 18.6 Å². The molecular formula is C16H21N3O3. The third-order valence-corrected chi connectivity index (χ3v) is 3.88. The van der Waals surface area contributed by atoms with Gasteiger partial charge in [-0.05, 0) is 31.0 Å². The Hall–Kier alpha value is -1.92. The number of fused-ring (bicyclic) bond motifs is 1. The Labute approximate surface area is 129 Å². The van der Waals surface area contributed by atoms with Gasteiger partial charge in [0.05, 0.1) is 12.7 Å². The van der Waals surface area contributed by atoms with Gasteiger partial charge in [0.15, 0.2) is 0 Å². The maximum Gasteiger partial charge on any atom is 0.240 e. The second-order valence-electron chi connectivity index (χ2n) is 5.42. The van der Waals surface area contributed by atoms with Crippen molar-refractivity contribution in [2.45, 2.75) is 25.5 Å². The molecule has 118 valence electrons. The van der Waals surface area contributed by atoms with Crippen molar-refractivity contribution in [3.05, 3.63) is 30.1 Å². The van der Waals surface area contributed by atoms with Crippen LogP contribution < -0.4 is 5.32 Å². The van der Waals surface area contributed by atoms with Crippen molar-refractivity contribution in [3.8, 4) is 0 Å². The molecule has 1 aliphatic heterocycles. The van der Waals surface area contributed by atoms with E-state index in [2.05, 4.69) is 16.4 Å². The van der Waals surface area contributed by atoms with Crippen LogP contribution in [0.3, 0.4) is 0 Å². The summed E-state index contributed by atoms with van der Waals surface area (Å²) < 4.78 is 12.7. The van der Waals surface area contributed by atoms with Gasteiger partial charge in [-0.15, -0.1) is 0 Å². The first-order valence-electron chi connectivity index (χ1n) is 7.61. The predicted octanol–water partition coefficient (Wildman–Crippen LogP) is 1.65. The van der Waals surface area contributed by atoms with Crippen molar-refractivity contribution in [1.82, 2.24) is 14.9 Å². The number of hydrogen-bond donors (Lipinski definition) is 1. The molecule has 1 atom stereocenters. The van der Waals surface area contributed by atoms with Gasteiger partial charge in [-0.1, -0.05) is 0 Å². The molecule has 22 heavy (non-hydrogen) atoms. The summed E-state index contributed by atoms with van der Waals surface area (Å²) in [6, 6.07) is 6.01. The Kier molecular flexibility index (Phi) is 4.70. The standard InChI is InChI=1S/C16H21N3O3/c1-21-9-7-17-15(20)11-19-13(14-5-3-8-22-14)10-12-4-2-6-18-16(12)19/h2,4,6,10,14H,3,5,7-9,11H2,1H3,(H,17,20)/t14-/m1/s1. The molecule has 0 aliphatic carbocycles. The topological polar surface area (TPSA) is 65.4 Å². The number of carbonyl (C=O) groups is 1. The number of ether oxygens (including phenoxy) is 2. The Morgan fingerprint density at radius 2 is 2.50 bits per heavy atom. The number of amides is 1. The van der Waals surface area contributed by atoms with Gasteiger partial charge in [0, 0.05) is 37.5 Å². The molecule has 0 aromatic carbocycles. The molecule has 2 aromatic heterocycles. The number of carbonyl (C=O) groups excluding carboxylic acids is 1. The van der Waals surface area contributed by atoms with Gasteiger partial charge >= 0.3 is 0 Å². The number of methoxy groups -OCH3 is 1. The zero-order valence-corrected chi connectivity index (χ0v) is 12.7. The second-order valence-corrected chi connectivity index (χ2v) is 5.42. The lowest BCUT2D eigenvalue weighted by Gasteiger charge is -2.14. The molecule has 1 saturated heterocycles. The quantitative estimate of drug-likeness (QED) is 0.824. The van der Waals surface area contributed by atoms with Crippen molar-refractivity contribution in [3.63, 3.8) is 0 Å². The Morgan fingerprint density at radius 1 is 1.59 bits per heavy atom. The summed E-state index contributed by atoms with van der Waals surface area (Å²) in [7, 11) is 1.62. The van der Waals surface area contributed by atoms with Crippen LogP contribution in [-0.2, 0) is 20.8 Å². The smallest absolute Gasteiger partial charge is 0.240 e. The van der Waals surface area contributed by atoms with Gasteiger partial charge in [-0.2, -0.15) is 0 Å². The van der Waals surface area contributed by atoms with Gasteiger partial charge in [-0.25, -0.2) is 4.98 Å². The molecule has 3 heterocycles. The van der Waals surface area contributed by atoms with E-state index in [4.69, 9.17) is 9.47 Å². The highest BCUT2D eigenvalue weighted by Crippen LogP contribution is 2.32. The zero-order valence-electron chi connectivity index (χ0n) is 12.7. The normalized spacial score (nSPS) is 18.0. The van der Waals surface area contributed by atoms with E-state index >= 15 is 0 Å². The van der Waals surface area contributed by atoms with Crippen molar-refractivity contribution >= 4 is 16.9 Å². The zero-order chi connectivity index (χ0) is 15.4. The highest BCUT2D eigenvalue weighted by atomic mass is 16.5. The van der Waals surface area contributed by atoms with Gasteiger partial charge in [0.1, 0.15) is 12.2 Å². The molecule has 0 saturated carbocycles. The van der Waals surface area contributed by atoms with E-state index in [1.165, 1.54) is 0 Å². The van der Waals surface area contributed by atoms with Crippen LogP contribution in [-0.4, -0.2) is 42.3 Å². The molecule has 6 nitrogen and oxygen atoms in total. The van der Waals surface area contributed by atoms with Crippen LogP contribution in [0.25, 0.3) is 11.0 Å². The number of rotatable bonds is 6. The van der Waals surface area contributed by atoms with E-state index < -0.39 is 0 Å². The van der Waals surface area contributed by atoms with Gasteiger partial charge < -0.3 is 19.4 Å². The largest absolute Gasteiger partial charge is 0.383 e. The number of nitrogens with zero attached hydrogens (tertiary/aromatic N) is 2. The fourth-order valence-corrected chi connectivity index (χ4v) is 2.84. The molecule has 1 N–H and O–H groups in total. The van der Waals surface area contributed by atoms with Crippen molar-refractivity contribution < 1.29 is 14.3 Å². The minimum Gasteiger partial charge on any atom is -0.383 e. The van der Waals surface area contributed by atoms with Crippen LogP contribution in [0.4, 0.5) is 0 Å². The Bertz CT molecular complexity index is 647. The lowest BCUT2D eigenvalue weighted by atomic mass is 10.2. The summed E-state index contributed by atoms with van der Waals surface area (Å²) in [5, 5.41) is 3.89. The van der Waals surface area contributed by atoms with E-state index in [9.17, 15) is 4.79 Å². The van der Waals surface area contributed by atoms with Crippen LogP contribution in [0.2, 0.25) is 0 Å². The van der Waals surface area contributed by atoms with Gasteiger partial charge in [-0.3, -0.25) is 4.79 Å². The minimum absolute atomic E-state index is 0.0422. The van der Waals surface area contributed by atoms with E-state index in [1.54, 1.807) is 13.3 Å². The molecule has 1 aliphatic rings. The first-order valence-corrected chi connectivity index (χ1v) is 7.61. The monoisotopic (exact) mass is 303 g/mol. The first kappa shape index (κ1) is 15.0. The fourth-order valence-electron chi connectivity index (χ4n) is 2.84. The fraction of sp³-hybridized carbons (Fsp3) is 0.500. The van der Waals surface area contributed by atoms with Crippen molar-refractivity contribution in [1.29, 1.82) is 0 Å². The summed E-state index contributed by atoms with van der Waals surface area (Å²) in [6.45, 7) is 2.05. The van der Waals surface area contributed by atoms with Crippen molar-refractivity contribution in [2.75, 3.05) is 26.9 Å². The highest BCUT2D eigenvalue weighted by molar-refractivity contribution is 5.82. The predicted molar refractivity (Wildman–Crippen MR) is 82.5 cm³/mol. The Balaban J connectivity index is 1.85. The molecule has 1 amide bonds. The summed E-state index contributed by atoms with van der Waals surface area (Å²) in [6.07, 6.45) is 3.85. The van der Waals surface area contributed by atoms with E-state index in [0.717, 1.165) is 36.2 Å². The summed E-state index contributed by atoms with van der Waals surface area (Å²) in [4.78, 5) is 16.6. The molecule has 0 bridgehead atoms. The highest BCUT2D eigenvalue weighted by Gasteiger charge is 2.24. The molecule has 0 radical (unpaired) electrons. The average molecular weight is 303 g/mol.